The van der Waals surface area contributed by atoms with Crippen molar-refractivity contribution in [2.24, 2.45) is 0 Å². The van der Waals surface area contributed by atoms with Crippen LogP contribution in [0.25, 0.3) is 10.6 Å². The number of benzene rings is 2. The summed E-state index contributed by atoms with van der Waals surface area (Å²) in [5, 5.41) is 3.05. The van der Waals surface area contributed by atoms with Crippen LogP contribution in [0.4, 0.5) is 0 Å². The zero-order valence-corrected chi connectivity index (χ0v) is 18.6. The number of nitrogens with zero attached hydrogens (tertiary/aromatic N) is 1. The largest absolute Gasteiger partial charge is 0.497 e. The number of ether oxygens (including phenoxy) is 2. The smallest absolute Gasteiger partial charge is 0.324 e. The molecule has 30 heavy (non-hydrogen) atoms. The summed E-state index contributed by atoms with van der Waals surface area (Å²) in [7, 11) is -2.40. The van der Waals surface area contributed by atoms with E-state index in [0.717, 1.165) is 5.56 Å². The summed E-state index contributed by atoms with van der Waals surface area (Å²) in [4.78, 5) is 16.7. The van der Waals surface area contributed by atoms with E-state index in [1.165, 1.54) is 49.6 Å². The third-order valence-corrected chi connectivity index (χ3v) is 6.88. The maximum Gasteiger partial charge on any atom is 0.324 e. The van der Waals surface area contributed by atoms with E-state index in [0.29, 0.717) is 21.5 Å². The predicted octanol–water partition coefficient (Wildman–Crippen LogP) is 3.88. The van der Waals surface area contributed by atoms with Gasteiger partial charge in [-0.2, -0.15) is 4.72 Å². The van der Waals surface area contributed by atoms with Crippen molar-refractivity contribution in [3.05, 3.63) is 64.6 Å². The predicted molar refractivity (Wildman–Crippen MR) is 115 cm³/mol. The molecule has 1 atom stereocenters. The van der Waals surface area contributed by atoms with E-state index in [-0.39, 0.29) is 11.5 Å². The zero-order valence-electron chi connectivity index (χ0n) is 16.2. The Morgan fingerprint density at radius 2 is 1.90 bits per heavy atom. The number of hydrogen-bond acceptors (Lipinski definition) is 7. The van der Waals surface area contributed by atoms with Gasteiger partial charge in [-0.15, -0.1) is 11.3 Å². The number of hydrogen-bond donors (Lipinski definition) is 1. The molecule has 0 spiro atoms. The van der Waals surface area contributed by atoms with Crippen molar-refractivity contribution < 1.29 is 22.7 Å². The van der Waals surface area contributed by atoms with Crippen molar-refractivity contribution in [2.75, 3.05) is 7.11 Å². The van der Waals surface area contributed by atoms with Gasteiger partial charge in [0.05, 0.1) is 22.7 Å². The number of carbonyl (C=O) groups excluding carboxylic acids is 1. The van der Waals surface area contributed by atoms with Crippen LogP contribution in [0.15, 0.2) is 58.8 Å². The highest BCUT2D eigenvalue weighted by atomic mass is 35.5. The van der Waals surface area contributed by atoms with E-state index >= 15 is 0 Å². The van der Waals surface area contributed by atoms with Gasteiger partial charge >= 0.3 is 5.97 Å². The lowest BCUT2D eigenvalue weighted by molar-refractivity contribution is -0.146. The summed E-state index contributed by atoms with van der Waals surface area (Å²) >= 11 is 7.55. The van der Waals surface area contributed by atoms with Gasteiger partial charge in [0.15, 0.2) is 0 Å². The maximum absolute atomic E-state index is 12.4. The Hall–Kier alpha value is -2.46. The lowest BCUT2D eigenvalue weighted by Crippen LogP contribution is -2.39. The van der Waals surface area contributed by atoms with Crippen LogP contribution in [-0.4, -0.2) is 32.5 Å². The molecular weight excluding hydrogens is 448 g/mol. The van der Waals surface area contributed by atoms with Crippen LogP contribution in [0.5, 0.6) is 5.75 Å². The van der Waals surface area contributed by atoms with Crippen molar-refractivity contribution in [1.82, 2.24) is 9.71 Å². The van der Waals surface area contributed by atoms with Crippen LogP contribution in [0.3, 0.4) is 0 Å². The number of sulfonamides is 1. The fourth-order valence-corrected chi connectivity index (χ4v) is 4.82. The quantitative estimate of drug-likeness (QED) is 0.506. The van der Waals surface area contributed by atoms with Gasteiger partial charge in [0.25, 0.3) is 0 Å². The molecule has 0 radical (unpaired) electrons. The minimum atomic E-state index is -3.88. The summed E-state index contributed by atoms with van der Waals surface area (Å²) in [5.41, 5.74) is 1.34. The number of methoxy groups -OCH3 is 1. The monoisotopic (exact) mass is 466 g/mol. The molecule has 0 saturated carbocycles. The van der Waals surface area contributed by atoms with Gasteiger partial charge in [-0.25, -0.2) is 13.4 Å². The standard InChI is InChI=1S/C20H19ClN2O5S2/c1-13(23-30(25,26)16-9-7-15(27-2)8-10-16)20(24)28-11-14-12-29-19(22-14)17-5-3-4-6-18(17)21/h3-10,12-13,23H,11H2,1-2H3/t13-/m0/s1. The highest BCUT2D eigenvalue weighted by Crippen LogP contribution is 2.30. The summed E-state index contributed by atoms with van der Waals surface area (Å²) in [6.07, 6.45) is 0. The molecule has 0 bridgehead atoms. The minimum absolute atomic E-state index is 0.0202. The second-order valence-electron chi connectivity index (χ2n) is 6.25. The van der Waals surface area contributed by atoms with E-state index in [9.17, 15) is 13.2 Å². The van der Waals surface area contributed by atoms with Crippen LogP contribution in [0.1, 0.15) is 12.6 Å². The Balaban J connectivity index is 1.59. The average molecular weight is 467 g/mol. The number of rotatable bonds is 8. The summed E-state index contributed by atoms with van der Waals surface area (Å²) < 4.78 is 37.4. The lowest BCUT2D eigenvalue weighted by atomic mass is 10.2. The molecule has 0 amide bonds. The molecule has 1 N–H and O–H groups in total. The highest BCUT2D eigenvalue weighted by Gasteiger charge is 2.23. The normalized spacial score (nSPS) is 12.4. The van der Waals surface area contributed by atoms with Crippen LogP contribution >= 0.6 is 22.9 Å². The second-order valence-corrected chi connectivity index (χ2v) is 9.23. The molecule has 3 rings (SSSR count). The van der Waals surface area contributed by atoms with E-state index in [2.05, 4.69) is 9.71 Å². The summed E-state index contributed by atoms with van der Waals surface area (Å²) in [6.45, 7) is 1.34. The number of esters is 1. The molecule has 0 aliphatic rings. The molecule has 0 fully saturated rings. The van der Waals surface area contributed by atoms with E-state index < -0.39 is 22.0 Å². The van der Waals surface area contributed by atoms with Gasteiger partial charge in [0, 0.05) is 10.9 Å². The van der Waals surface area contributed by atoms with E-state index in [1.54, 1.807) is 11.4 Å². The Labute approximate surface area is 183 Å². The van der Waals surface area contributed by atoms with Crippen molar-refractivity contribution in [3.8, 4) is 16.3 Å². The average Bonchev–Trinajstić information content (AvgIpc) is 3.20. The Kier molecular flexibility index (Phi) is 7.09. The van der Waals surface area contributed by atoms with Gasteiger partial charge in [-0.05, 0) is 37.3 Å². The van der Waals surface area contributed by atoms with Gasteiger partial charge in [-0.3, -0.25) is 4.79 Å². The lowest BCUT2D eigenvalue weighted by Gasteiger charge is -2.13. The summed E-state index contributed by atoms with van der Waals surface area (Å²) in [6, 6.07) is 12.1. The molecule has 0 saturated heterocycles. The Bertz CT molecular complexity index is 1130. The molecule has 0 aliphatic heterocycles. The topological polar surface area (TPSA) is 94.6 Å². The highest BCUT2D eigenvalue weighted by molar-refractivity contribution is 7.89. The third-order valence-electron chi connectivity index (χ3n) is 4.07. The van der Waals surface area contributed by atoms with Crippen LogP contribution in [-0.2, 0) is 26.2 Å². The number of carbonyl (C=O) groups is 1. The third kappa shape index (κ3) is 5.37. The van der Waals surface area contributed by atoms with Crippen molar-refractivity contribution in [3.63, 3.8) is 0 Å². The SMILES string of the molecule is COc1ccc(S(=O)(=O)N[C@@H](C)C(=O)OCc2csc(-c3ccccc3Cl)n2)cc1. The number of nitrogens with one attached hydrogen (secondary N) is 1. The van der Waals surface area contributed by atoms with Crippen molar-refractivity contribution >= 4 is 38.9 Å². The van der Waals surface area contributed by atoms with Crippen molar-refractivity contribution in [2.45, 2.75) is 24.5 Å². The molecule has 158 valence electrons. The molecule has 1 aromatic heterocycles. The molecule has 1 heterocycles. The Morgan fingerprint density at radius 1 is 1.20 bits per heavy atom. The van der Waals surface area contributed by atoms with E-state index in [4.69, 9.17) is 21.1 Å². The first-order valence-corrected chi connectivity index (χ1v) is 11.6. The van der Waals surface area contributed by atoms with Crippen LogP contribution < -0.4 is 9.46 Å². The first kappa shape index (κ1) is 22.2. The first-order valence-electron chi connectivity index (χ1n) is 8.82. The van der Waals surface area contributed by atoms with Crippen LogP contribution in [0, 0.1) is 0 Å². The summed E-state index contributed by atoms with van der Waals surface area (Å²) in [5.74, 6) is -0.180. The van der Waals surface area contributed by atoms with Gasteiger partial charge < -0.3 is 9.47 Å². The fraction of sp³-hybridized carbons (Fsp3) is 0.200. The first-order chi connectivity index (χ1) is 14.3. The molecule has 10 heteroatoms. The molecular formula is C20H19ClN2O5S2. The molecule has 7 nitrogen and oxygen atoms in total. The number of aromatic nitrogens is 1. The molecule has 0 aliphatic carbocycles. The molecule has 2 aromatic carbocycles. The van der Waals surface area contributed by atoms with Crippen LogP contribution in [0.2, 0.25) is 5.02 Å². The van der Waals surface area contributed by atoms with Gasteiger partial charge in [0.1, 0.15) is 23.4 Å². The fourth-order valence-electron chi connectivity index (χ4n) is 2.51. The number of thiazole rings is 1. The van der Waals surface area contributed by atoms with Crippen molar-refractivity contribution in [1.29, 1.82) is 0 Å². The molecule has 3 aromatic rings. The van der Waals surface area contributed by atoms with Gasteiger partial charge in [-0.1, -0.05) is 29.8 Å². The van der Waals surface area contributed by atoms with Gasteiger partial charge in [0.2, 0.25) is 10.0 Å². The number of halogens is 1. The maximum atomic E-state index is 12.4. The minimum Gasteiger partial charge on any atom is -0.497 e. The Morgan fingerprint density at radius 3 is 2.57 bits per heavy atom. The van der Waals surface area contributed by atoms with E-state index in [1.807, 2.05) is 18.2 Å². The molecule has 0 unspecified atom stereocenters. The zero-order chi connectivity index (χ0) is 21.7. The second kappa shape index (κ2) is 9.57.